The van der Waals surface area contributed by atoms with Crippen molar-refractivity contribution in [1.82, 2.24) is 0 Å². The average Bonchev–Trinajstić information content (AvgIpc) is 3.28. The van der Waals surface area contributed by atoms with Crippen molar-refractivity contribution in [1.29, 1.82) is 0 Å². The van der Waals surface area contributed by atoms with Gasteiger partial charge in [-0.3, -0.25) is 0 Å². The maximum Gasteiger partial charge on any atom is 0.0593 e. The highest BCUT2D eigenvalue weighted by Gasteiger charge is 2.64. The number of rotatable bonds is 40. The van der Waals surface area contributed by atoms with Gasteiger partial charge in [-0.05, 0) is 0 Å². The van der Waals surface area contributed by atoms with Gasteiger partial charge in [-0.1, -0.05) is 0 Å². The summed E-state index contributed by atoms with van der Waals surface area (Å²) in [7, 11) is 109. The van der Waals surface area contributed by atoms with Crippen molar-refractivity contribution in [2.45, 2.75) is 13.6 Å². The van der Waals surface area contributed by atoms with Crippen LogP contribution < -0.4 is 0 Å². The minimum atomic E-state index is 0.513. The summed E-state index contributed by atoms with van der Waals surface area (Å²) >= 11 is 0. The zero-order valence-corrected chi connectivity index (χ0v) is 65.8. The molecule has 0 rings (SSSR count). The molecule has 0 nitrogen and oxygen atoms in total. The molecule has 0 aromatic rings. The zero-order valence-electron chi connectivity index (χ0n) is 65.8. The molecule has 0 N–H and O–H groups in total. The lowest BCUT2D eigenvalue weighted by molar-refractivity contribution is 2.29. The highest BCUT2D eigenvalue weighted by molar-refractivity contribution is 8.36. The van der Waals surface area contributed by atoms with Gasteiger partial charge in [0.25, 0.3) is 0 Å². The fourth-order valence-electron chi connectivity index (χ4n) is 23.7. The Morgan fingerprint density at radius 1 is 0.157 bits per heavy atom. The molecule has 0 aliphatic rings. The molecule has 0 aromatic heterocycles. The Morgan fingerprint density at radius 3 is 0.494 bits per heavy atom. The van der Waals surface area contributed by atoms with Crippen molar-refractivity contribution in [3.63, 3.8) is 0 Å². The lowest BCUT2D eigenvalue weighted by atomic mass is 8.25. The van der Waals surface area contributed by atoms with Gasteiger partial charge in [-0.2, -0.15) is 0 Å². The van der Waals surface area contributed by atoms with E-state index in [1.807, 2.05) is 0 Å². The van der Waals surface area contributed by atoms with E-state index in [0.29, 0.717) is 256 Å². The SMILES string of the molecule is BBB(B(B)B)B(B(B)B)B(B(B(C)B(B(B(B)B)B(B)B(B)B)B(B(B(B)B)B(B)B)B(B(B)B)B(B)B)B(C)B(B(B(B)B)B(B(B)B)B(B)B)B(B(B(B)B)B(B)B)B(B(B)B)B(B)B)B(B(B(B)B)B(B)B)B(B(B)B)B(B)B. The van der Waals surface area contributed by atoms with Gasteiger partial charge >= 0.3 is 0 Å². The average molecular weight is 987 g/mol. The van der Waals surface area contributed by atoms with Gasteiger partial charge in [-0.15, -0.1) is 13.6 Å². The Balaban J connectivity index is 11.9. The summed E-state index contributed by atoms with van der Waals surface area (Å²) in [6.45, 7) is 7.17. The summed E-state index contributed by atoms with van der Waals surface area (Å²) in [6.07, 6.45) is 23.0. The van der Waals surface area contributed by atoms with Crippen LogP contribution in [0.15, 0.2) is 0 Å². The number of hydrogen-bond acceptors (Lipinski definition) is 0. The molecule has 0 aromatic carbocycles. The molecule has 81 heteroatoms. The third-order valence-electron chi connectivity index (χ3n) is 25.2. The van der Waals surface area contributed by atoms with E-state index in [9.17, 15) is 0 Å². The number of hydrogen-bond donors (Lipinski definition) is 0. The zero-order chi connectivity index (χ0) is 65.8. The minimum absolute atomic E-state index is 0.513. The van der Waals surface area contributed by atoms with Crippen molar-refractivity contribution in [2.24, 2.45) is 0 Å². The molecular formula is C2H87B81. The van der Waals surface area contributed by atoms with E-state index in [4.69, 9.17) is 0 Å². The smallest absolute Gasteiger partial charge is 0.0593 e. The molecule has 338 valence electrons. The predicted molar refractivity (Wildman–Crippen MR) is 591 cm³/mol. The molecule has 0 spiro atoms. The summed E-state index contributed by atoms with van der Waals surface area (Å²) < 4.78 is 0. The molecule has 0 heterocycles. The van der Waals surface area contributed by atoms with E-state index < -0.39 is 0 Å². The normalized spacial score (nSPS) is 9.81. The fraction of sp³-hybridized carbons (Fsp3) is 1.00. The van der Waals surface area contributed by atoms with Gasteiger partial charge in [0.15, 0.2) is 0 Å². The molecule has 0 aliphatic heterocycles. The second-order valence-electron chi connectivity index (χ2n) is 37.1. The molecule has 0 bridgehead atoms. The monoisotopic (exact) mass is 1000 g/mol. The van der Waals surface area contributed by atoms with Crippen molar-refractivity contribution < 1.29 is 0 Å². The van der Waals surface area contributed by atoms with Crippen LogP contribution in [0.5, 0.6) is 0 Å². The van der Waals surface area contributed by atoms with Crippen LogP contribution in [0, 0.1) is 0 Å². The first kappa shape index (κ1) is 88.3. The highest BCUT2D eigenvalue weighted by atomic mass is 13.5. The quantitative estimate of drug-likeness (QED) is 0.0537. The topological polar surface area (TPSA) is 0 Å². The molecule has 0 fully saturated rings. The third-order valence-corrected chi connectivity index (χ3v) is 25.2. The Kier molecular flexibility index (Phi) is 43.3. The first-order valence-corrected chi connectivity index (χ1v) is 37.8. The second-order valence-corrected chi connectivity index (χ2v) is 37.1. The molecule has 83 heavy (non-hydrogen) atoms. The van der Waals surface area contributed by atoms with Crippen molar-refractivity contribution in [3.05, 3.63) is 0 Å². The first-order chi connectivity index (χ1) is 37.8. The summed E-state index contributed by atoms with van der Waals surface area (Å²) in [6, 6.07) is 0. The van der Waals surface area contributed by atoms with Crippen molar-refractivity contribution in [2.75, 3.05) is 0 Å². The van der Waals surface area contributed by atoms with Crippen LogP contribution in [0.25, 0.3) is 0 Å². The largest absolute Gasteiger partial charge is 0.101 e. The van der Waals surface area contributed by atoms with Crippen LogP contribution in [0.3, 0.4) is 0 Å². The van der Waals surface area contributed by atoms with E-state index >= 15 is 0 Å². The molecule has 0 unspecified atom stereocenters. The lowest BCUT2D eigenvalue weighted by Gasteiger charge is -2.57. The maximum atomic E-state index is 3.08. The highest BCUT2D eigenvalue weighted by Crippen LogP contribution is 2.26. The van der Waals surface area contributed by atoms with Crippen LogP contribution in [-0.4, -0.2) is 572 Å². The lowest BCUT2D eigenvalue weighted by Crippen LogP contribution is -2.95. The van der Waals surface area contributed by atoms with Gasteiger partial charge in [0, 0.05) is 263 Å². The van der Waals surface area contributed by atoms with Crippen LogP contribution in [0.4, 0.5) is 0 Å². The maximum absolute atomic E-state index is 3.08. The molecule has 0 radical (unpaired) electrons. The Bertz CT molecular complexity index is 1530. The Morgan fingerprint density at radius 2 is 0.325 bits per heavy atom. The fourth-order valence-corrected chi connectivity index (χ4v) is 23.7. The van der Waals surface area contributed by atoms with E-state index in [0.717, 1.165) is 0 Å². The summed E-state index contributed by atoms with van der Waals surface area (Å²) in [5.41, 5.74) is 0. The Hall–Kier alpha value is 5.26. The first-order valence-electron chi connectivity index (χ1n) is 37.8. The van der Waals surface area contributed by atoms with Crippen molar-refractivity contribution >= 4 is 572 Å². The van der Waals surface area contributed by atoms with E-state index in [1.54, 1.807) is 0 Å². The van der Waals surface area contributed by atoms with Crippen LogP contribution in [-0.2, 0) is 0 Å². The molecule has 0 aliphatic carbocycles. The summed E-state index contributed by atoms with van der Waals surface area (Å²) in [4.78, 5) is 0. The van der Waals surface area contributed by atoms with E-state index in [2.05, 4.69) is 323 Å². The van der Waals surface area contributed by atoms with Gasteiger partial charge in [0.1, 0.15) is 0 Å². The van der Waals surface area contributed by atoms with Crippen molar-refractivity contribution in [3.8, 4) is 0 Å². The molecule has 0 amide bonds. The Labute approximate surface area is 580 Å². The summed E-state index contributed by atoms with van der Waals surface area (Å²) in [5, 5.41) is 0. The third kappa shape index (κ3) is 23.8. The van der Waals surface area contributed by atoms with Gasteiger partial charge < -0.3 is 0 Å². The molecule has 0 saturated carbocycles. The molecular weight excluding hydrogens is 900 g/mol. The van der Waals surface area contributed by atoms with Gasteiger partial charge in [0.2, 0.25) is 0 Å². The van der Waals surface area contributed by atoms with Crippen LogP contribution in [0.1, 0.15) is 0 Å². The van der Waals surface area contributed by atoms with Gasteiger partial charge in [-0.25, -0.2) is 0 Å². The minimum Gasteiger partial charge on any atom is -0.101 e. The summed E-state index contributed by atoms with van der Waals surface area (Å²) in [5.74, 6) is 0. The van der Waals surface area contributed by atoms with Crippen LogP contribution in [0.2, 0.25) is 13.6 Å². The van der Waals surface area contributed by atoms with Crippen LogP contribution >= 0.6 is 0 Å². The molecule has 0 saturated heterocycles. The molecule has 0 atom stereocenters. The van der Waals surface area contributed by atoms with E-state index in [1.165, 1.54) is 7.06 Å². The standard InChI is InChI=1S/C2H87B81/c1-44(68(77(62(36)37)65(42)46(4)5)81(71(50(12)13)51(14)15)72(52(16)17)53(18)19)67(80(78(63(38)39)66(43-3)47(6)7)83(75(58(28)29)59(30)31)76(60(32)33)61(34)35)45(2)69(79(64(40)41)70(48(8)9)49(10)11)82(73(54(20)21)55(22)23)74(56(24)25)57(26)27/h43H,3-42H2,1-2H3. The van der Waals surface area contributed by atoms with E-state index in [-0.39, 0.29) is 0 Å². The second kappa shape index (κ2) is 40.7. The van der Waals surface area contributed by atoms with Gasteiger partial charge in [0.05, 0.1) is 309 Å². The predicted octanol–water partition coefficient (Wildman–Crippen LogP) is -51.4.